The summed E-state index contributed by atoms with van der Waals surface area (Å²) < 4.78 is 10.1. The molecule has 0 spiro atoms. The molecule has 0 radical (unpaired) electrons. The summed E-state index contributed by atoms with van der Waals surface area (Å²) in [6, 6.07) is 10.7. The minimum atomic E-state index is -0.602. The third kappa shape index (κ3) is 4.58. The Morgan fingerprint density at radius 2 is 1.96 bits per heavy atom. The van der Waals surface area contributed by atoms with E-state index in [1.54, 1.807) is 24.3 Å². The fourth-order valence-corrected chi connectivity index (χ4v) is 1.89. The van der Waals surface area contributed by atoms with Crippen LogP contribution in [-0.2, 0) is 4.79 Å². The molecule has 0 saturated heterocycles. The molecular weight excluding hydrogens is 324 g/mol. The van der Waals surface area contributed by atoms with Crippen LogP contribution < -0.4 is 14.8 Å². The largest absolute Gasteiger partial charge is 0.496 e. The van der Waals surface area contributed by atoms with Crippen LogP contribution in [0.3, 0.4) is 0 Å². The summed E-state index contributed by atoms with van der Waals surface area (Å²) in [5.41, 5.74) is 0.274. The Kier molecular flexibility index (Phi) is 5.37. The fraction of sp³-hybridized carbons (Fsp3) is 0.133. The predicted molar refractivity (Wildman–Crippen MR) is 85.2 cm³/mol. The summed E-state index contributed by atoms with van der Waals surface area (Å²) in [7, 11) is 1.40. The molecule has 2 rings (SSSR count). The minimum absolute atomic E-state index is 0.0120. The highest BCUT2D eigenvalue weighted by molar-refractivity contribution is 6.30. The average molecular weight is 337 g/mol. The summed E-state index contributed by atoms with van der Waals surface area (Å²) >= 11 is 5.75. The molecule has 0 aliphatic carbocycles. The van der Waals surface area contributed by atoms with Crippen molar-refractivity contribution in [3.63, 3.8) is 0 Å². The van der Waals surface area contributed by atoms with Crippen LogP contribution in [0.4, 0.5) is 11.4 Å². The molecule has 2 aromatic carbocycles. The molecule has 0 aliphatic heterocycles. The van der Waals surface area contributed by atoms with Gasteiger partial charge in [0.1, 0.15) is 5.75 Å². The number of benzene rings is 2. The Hall–Kier alpha value is -2.80. The van der Waals surface area contributed by atoms with Gasteiger partial charge in [-0.2, -0.15) is 0 Å². The molecule has 0 heterocycles. The highest BCUT2D eigenvalue weighted by atomic mass is 35.5. The zero-order chi connectivity index (χ0) is 16.8. The van der Waals surface area contributed by atoms with Crippen molar-refractivity contribution in [2.45, 2.75) is 0 Å². The van der Waals surface area contributed by atoms with Crippen LogP contribution in [0.2, 0.25) is 5.02 Å². The number of hydrogen-bond acceptors (Lipinski definition) is 5. The van der Waals surface area contributed by atoms with Gasteiger partial charge >= 0.3 is 5.69 Å². The third-order valence-corrected chi connectivity index (χ3v) is 3.10. The predicted octanol–water partition coefficient (Wildman–Crippen LogP) is 3.27. The van der Waals surface area contributed by atoms with Gasteiger partial charge in [0, 0.05) is 10.7 Å². The first-order chi connectivity index (χ1) is 11.0. The molecule has 0 aliphatic rings. The standard InChI is InChI=1S/C15H13ClN2O5/c1-22-12-6-7-14(13(8-12)18(20)21)23-9-15(19)17-11-4-2-10(16)3-5-11/h2-8H,9H2,1H3,(H,17,19). The van der Waals surface area contributed by atoms with E-state index in [-0.39, 0.29) is 18.0 Å². The topological polar surface area (TPSA) is 90.7 Å². The first-order valence-corrected chi connectivity index (χ1v) is 6.88. The van der Waals surface area contributed by atoms with E-state index in [0.29, 0.717) is 16.5 Å². The lowest BCUT2D eigenvalue weighted by atomic mass is 10.3. The molecule has 7 nitrogen and oxygen atoms in total. The summed E-state index contributed by atoms with van der Waals surface area (Å²) in [5, 5.41) is 14.2. The van der Waals surface area contributed by atoms with Crippen molar-refractivity contribution in [3.05, 3.63) is 57.6 Å². The van der Waals surface area contributed by atoms with E-state index in [4.69, 9.17) is 21.1 Å². The maximum atomic E-state index is 11.8. The lowest BCUT2D eigenvalue weighted by Gasteiger charge is -2.09. The highest BCUT2D eigenvalue weighted by Gasteiger charge is 2.17. The lowest BCUT2D eigenvalue weighted by molar-refractivity contribution is -0.385. The van der Waals surface area contributed by atoms with Crippen LogP contribution in [0.25, 0.3) is 0 Å². The van der Waals surface area contributed by atoms with Gasteiger partial charge < -0.3 is 14.8 Å². The molecular formula is C15H13ClN2O5. The number of hydrogen-bond donors (Lipinski definition) is 1. The first-order valence-electron chi connectivity index (χ1n) is 6.50. The van der Waals surface area contributed by atoms with E-state index >= 15 is 0 Å². The van der Waals surface area contributed by atoms with Crippen LogP contribution in [0.5, 0.6) is 11.5 Å². The molecule has 120 valence electrons. The third-order valence-electron chi connectivity index (χ3n) is 2.85. The van der Waals surface area contributed by atoms with Crippen LogP contribution >= 0.6 is 11.6 Å². The van der Waals surface area contributed by atoms with Crippen molar-refractivity contribution < 1.29 is 19.2 Å². The zero-order valence-corrected chi connectivity index (χ0v) is 12.9. The number of nitrogens with one attached hydrogen (secondary N) is 1. The first kappa shape index (κ1) is 16.6. The van der Waals surface area contributed by atoms with Crippen molar-refractivity contribution >= 4 is 28.9 Å². The van der Waals surface area contributed by atoms with Gasteiger partial charge in [0.25, 0.3) is 5.91 Å². The molecule has 0 fully saturated rings. The number of nitro groups is 1. The van der Waals surface area contributed by atoms with Crippen molar-refractivity contribution in [2.24, 2.45) is 0 Å². The normalized spacial score (nSPS) is 10.0. The Labute approximate surface area is 136 Å². The second kappa shape index (κ2) is 7.46. The van der Waals surface area contributed by atoms with Gasteiger partial charge in [-0.15, -0.1) is 0 Å². The van der Waals surface area contributed by atoms with Crippen molar-refractivity contribution in [3.8, 4) is 11.5 Å². The molecule has 0 unspecified atom stereocenters. The second-order valence-electron chi connectivity index (χ2n) is 4.43. The number of amides is 1. The number of carbonyl (C=O) groups excluding carboxylic acids is 1. The summed E-state index contributed by atoms with van der Waals surface area (Å²) in [6.45, 7) is -0.365. The molecule has 2 aromatic rings. The molecule has 1 amide bonds. The monoisotopic (exact) mass is 336 g/mol. The van der Waals surface area contributed by atoms with Crippen molar-refractivity contribution in [1.29, 1.82) is 0 Å². The van der Waals surface area contributed by atoms with E-state index in [1.807, 2.05) is 0 Å². The van der Waals surface area contributed by atoms with Gasteiger partial charge in [-0.25, -0.2) is 0 Å². The van der Waals surface area contributed by atoms with Gasteiger partial charge in [0.15, 0.2) is 12.4 Å². The van der Waals surface area contributed by atoms with E-state index in [1.165, 1.54) is 25.3 Å². The average Bonchev–Trinajstić information content (AvgIpc) is 2.54. The second-order valence-corrected chi connectivity index (χ2v) is 4.87. The summed E-state index contributed by atoms with van der Waals surface area (Å²) in [6.07, 6.45) is 0. The molecule has 0 atom stereocenters. The number of nitro benzene ring substituents is 1. The quantitative estimate of drug-likeness (QED) is 0.645. The van der Waals surface area contributed by atoms with E-state index in [0.717, 1.165) is 0 Å². The fourth-order valence-electron chi connectivity index (χ4n) is 1.76. The summed E-state index contributed by atoms with van der Waals surface area (Å²) in [4.78, 5) is 22.2. The SMILES string of the molecule is COc1ccc(OCC(=O)Nc2ccc(Cl)cc2)c([N+](=O)[O-])c1. The van der Waals surface area contributed by atoms with E-state index in [9.17, 15) is 14.9 Å². The summed E-state index contributed by atoms with van der Waals surface area (Å²) in [5.74, 6) is -0.130. The van der Waals surface area contributed by atoms with Crippen LogP contribution in [-0.4, -0.2) is 24.5 Å². The molecule has 0 saturated carbocycles. The number of methoxy groups -OCH3 is 1. The smallest absolute Gasteiger partial charge is 0.314 e. The van der Waals surface area contributed by atoms with Gasteiger partial charge in [0.2, 0.25) is 0 Å². The maximum absolute atomic E-state index is 11.8. The van der Waals surface area contributed by atoms with E-state index < -0.39 is 10.8 Å². The molecule has 23 heavy (non-hydrogen) atoms. The lowest BCUT2D eigenvalue weighted by Crippen LogP contribution is -2.20. The van der Waals surface area contributed by atoms with Gasteiger partial charge in [-0.1, -0.05) is 11.6 Å². The number of nitrogens with zero attached hydrogens (tertiary/aromatic N) is 1. The maximum Gasteiger partial charge on any atom is 0.314 e. The van der Waals surface area contributed by atoms with Gasteiger partial charge in [0.05, 0.1) is 18.1 Å². The number of anilines is 1. The van der Waals surface area contributed by atoms with Gasteiger partial charge in [-0.3, -0.25) is 14.9 Å². The number of carbonyl (C=O) groups is 1. The van der Waals surface area contributed by atoms with Crippen LogP contribution in [0.15, 0.2) is 42.5 Å². The van der Waals surface area contributed by atoms with Crippen molar-refractivity contribution in [1.82, 2.24) is 0 Å². The highest BCUT2D eigenvalue weighted by Crippen LogP contribution is 2.30. The molecule has 8 heteroatoms. The van der Waals surface area contributed by atoms with Crippen LogP contribution in [0, 0.1) is 10.1 Å². The molecule has 1 N–H and O–H groups in total. The Balaban J connectivity index is 2.01. The Morgan fingerprint density at radius 3 is 2.57 bits per heavy atom. The Morgan fingerprint density at radius 1 is 1.26 bits per heavy atom. The van der Waals surface area contributed by atoms with Crippen molar-refractivity contribution in [2.75, 3.05) is 19.0 Å². The number of rotatable bonds is 6. The van der Waals surface area contributed by atoms with E-state index in [2.05, 4.69) is 5.32 Å². The molecule has 0 aromatic heterocycles. The minimum Gasteiger partial charge on any atom is -0.496 e. The Bertz CT molecular complexity index is 718. The number of halogens is 1. The van der Waals surface area contributed by atoms with Gasteiger partial charge in [-0.05, 0) is 36.4 Å². The molecule has 0 bridgehead atoms. The zero-order valence-electron chi connectivity index (χ0n) is 12.1. The number of ether oxygens (including phenoxy) is 2. The van der Waals surface area contributed by atoms with Crippen LogP contribution in [0.1, 0.15) is 0 Å².